The Morgan fingerprint density at radius 1 is 1.23 bits per heavy atom. The lowest BCUT2D eigenvalue weighted by Gasteiger charge is -2.34. The normalized spacial score (nSPS) is 15.5. The summed E-state index contributed by atoms with van der Waals surface area (Å²) in [5.41, 5.74) is -0.673. The van der Waals surface area contributed by atoms with E-state index in [2.05, 4.69) is 20.1 Å². The molecule has 1 saturated heterocycles. The Balaban J connectivity index is 1.41. The van der Waals surface area contributed by atoms with Crippen LogP contribution in [-0.4, -0.2) is 58.2 Å². The number of hydrogen-bond acceptors (Lipinski definition) is 8. The number of hydrogen-bond donors (Lipinski definition) is 0. The fourth-order valence-corrected chi connectivity index (χ4v) is 3.54. The summed E-state index contributed by atoms with van der Waals surface area (Å²) >= 11 is 0. The number of benzene rings is 1. The molecule has 1 aromatic carbocycles. The number of halogens is 1. The van der Waals surface area contributed by atoms with Crippen molar-refractivity contribution < 1.29 is 23.2 Å². The van der Waals surface area contributed by atoms with Gasteiger partial charge in [0.15, 0.2) is 5.67 Å². The van der Waals surface area contributed by atoms with Gasteiger partial charge in [0, 0.05) is 43.9 Å². The highest BCUT2D eigenvalue weighted by molar-refractivity contribution is 5.79. The van der Waals surface area contributed by atoms with Gasteiger partial charge in [-0.25, -0.2) is 9.37 Å². The van der Waals surface area contributed by atoms with Crippen LogP contribution in [-0.2, 0) is 16.9 Å². The van der Waals surface area contributed by atoms with Crippen LogP contribution >= 0.6 is 0 Å². The third kappa shape index (κ3) is 4.32. The van der Waals surface area contributed by atoms with Crippen LogP contribution in [0.25, 0.3) is 11.5 Å². The van der Waals surface area contributed by atoms with Crippen LogP contribution in [0, 0.1) is 0 Å². The number of carbonyl (C=O) groups excluding carboxylic acids is 1. The summed E-state index contributed by atoms with van der Waals surface area (Å²) in [6.07, 6.45) is 4.77. The van der Waals surface area contributed by atoms with Crippen molar-refractivity contribution in [2.24, 2.45) is 0 Å². The topological polar surface area (TPSA) is 103 Å². The average molecular weight is 427 g/mol. The first-order valence-corrected chi connectivity index (χ1v) is 9.80. The quantitative estimate of drug-likeness (QED) is 0.591. The molecule has 0 aliphatic carbocycles. The van der Waals surface area contributed by atoms with Gasteiger partial charge in [-0.3, -0.25) is 9.78 Å². The molecule has 0 saturated carbocycles. The minimum Gasteiger partial charge on any atom is -0.497 e. The zero-order chi connectivity index (χ0) is 21.8. The van der Waals surface area contributed by atoms with Crippen molar-refractivity contribution in [2.45, 2.75) is 24.9 Å². The lowest BCUT2D eigenvalue weighted by molar-refractivity contribution is -0.133. The van der Waals surface area contributed by atoms with E-state index >= 15 is 4.39 Å². The van der Waals surface area contributed by atoms with Crippen LogP contribution in [0.15, 0.2) is 41.3 Å². The van der Waals surface area contributed by atoms with Crippen LogP contribution in [0.2, 0.25) is 0 Å². The number of aromatic nitrogens is 4. The number of carbonyl (C=O) groups is 1. The maximum Gasteiger partial charge on any atom is 0.264 e. The van der Waals surface area contributed by atoms with Gasteiger partial charge in [-0.1, -0.05) is 5.16 Å². The Bertz CT molecular complexity index is 1050. The minimum atomic E-state index is -1.79. The number of nitrogens with zero attached hydrogens (tertiary/aromatic N) is 5. The lowest BCUT2D eigenvalue weighted by Crippen LogP contribution is -2.44. The van der Waals surface area contributed by atoms with Gasteiger partial charge < -0.3 is 18.9 Å². The smallest absolute Gasteiger partial charge is 0.264 e. The predicted octanol–water partition coefficient (Wildman–Crippen LogP) is 2.57. The molecule has 0 spiro atoms. The van der Waals surface area contributed by atoms with Crippen LogP contribution in [0.3, 0.4) is 0 Å². The molecule has 3 aromatic rings. The van der Waals surface area contributed by atoms with Gasteiger partial charge in [-0.15, -0.1) is 0 Å². The van der Waals surface area contributed by atoms with E-state index in [1.165, 1.54) is 18.6 Å². The fraction of sp³-hybridized carbons (Fsp3) is 0.381. The van der Waals surface area contributed by atoms with Crippen molar-refractivity contribution in [1.82, 2.24) is 25.0 Å². The monoisotopic (exact) mass is 427 g/mol. The van der Waals surface area contributed by atoms with Gasteiger partial charge in [0.1, 0.15) is 17.2 Å². The standard InChI is InChI=1S/C21H22FN5O4/c1-29-15-3-4-17(30-2)14(11-15)12-18(28)27-9-5-21(22,6-10-27)20-25-19(26-31-20)16-13-23-7-8-24-16/h3-4,7-8,11,13H,5-6,9-10,12H2,1-2H3. The van der Waals surface area contributed by atoms with E-state index in [1.54, 1.807) is 37.3 Å². The highest BCUT2D eigenvalue weighted by Crippen LogP contribution is 2.37. The fourth-order valence-electron chi connectivity index (χ4n) is 3.54. The van der Waals surface area contributed by atoms with Crippen LogP contribution in [0.1, 0.15) is 24.3 Å². The van der Waals surface area contributed by atoms with Gasteiger partial charge >= 0.3 is 0 Å². The molecule has 4 rings (SSSR count). The van der Waals surface area contributed by atoms with Gasteiger partial charge in [-0.05, 0) is 18.2 Å². The molecule has 162 valence electrons. The van der Waals surface area contributed by atoms with E-state index in [0.717, 1.165) is 5.56 Å². The number of alkyl halides is 1. The summed E-state index contributed by atoms with van der Waals surface area (Å²) in [6.45, 7) is 0.481. The Morgan fingerprint density at radius 3 is 2.71 bits per heavy atom. The number of likely N-dealkylation sites (tertiary alicyclic amines) is 1. The predicted molar refractivity (Wildman–Crippen MR) is 107 cm³/mol. The molecule has 2 aromatic heterocycles. The first kappa shape index (κ1) is 20.7. The third-order valence-electron chi connectivity index (χ3n) is 5.34. The van der Waals surface area contributed by atoms with Gasteiger partial charge in [0.05, 0.1) is 26.8 Å². The van der Waals surface area contributed by atoms with Crippen molar-refractivity contribution in [2.75, 3.05) is 27.3 Å². The largest absolute Gasteiger partial charge is 0.497 e. The van der Waals surface area contributed by atoms with E-state index in [4.69, 9.17) is 14.0 Å². The number of ether oxygens (including phenoxy) is 2. The molecule has 0 N–H and O–H groups in total. The SMILES string of the molecule is COc1ccc(OC)c(CC(=O)N2CCC(F)(c3nc(-c4cnccn4)no3)CC2)c1. The molecule has 1 fully saturated rings. The van der Waals surface area contributed by atoms with E-state index in [9.17, 15) is 4.79 Å². The minimum absolute atomic E-state index is 0.0656. The van der Waals surface area contributed by atoms with Crippen LogP contribution in [0.5, 0.6) is 11.5 Å². The first-order chi connectivity index (χ1) is 15.0. The highest BCUT2D eigenvalue weighted by atomic mass is 19.1. The molecule has 0 bridgehead atoms. The van der Waals surface area contributed by atoms with Crippen molar-refractivity contribution in [3.8, 4) is 23.0 Å². The van der Waals surface area contributed by atoms with Crippen molar-refractivity contribution in [3.63, 3.8) is 0 Å². The maximum absolute atomic E-state index is 15.5. The molecule has 1 aliphatic heterocycles. The molecule has 0 radical (unpaired) electrons. The Morgan fingerprint density at radius 2 is 2.03 bits per heavy atom. The number of rotatable bonds is 6. The summed E-state index contributed by atoms with van der Waals surface area (Å²) in [6, 6.07) is 5.30. The zero-order valence-electron chi connectivity index (χ0n) is 17.2. The molecule has 0 atom stereocenters. The van der Waals surface area contributed by atoms with Crippen molar-refractivity contribution >= 4 is 5.91 Å². The summed E-state index contributed by atoms with van der Waals surface area (Å²) in [4.78, 5) is 26.7. The summed E-state index contributed by atoms with van der Waals surface area (Å²) in [5, 5.41) is 3.82. The molecule has 10 heteroatoms. The molecule has 1 aliphatic rings. The number of methoxy groups -OCH3 is 2. The van der Waals surface area contributed by atoms with Gasteiger partial charge in [-0.2, -0.15) is 4.98 Å². The number of piperidine rings is 1. The molecular formula is C21H22FN5O4. The van der Waals surface area contributed by atoms with Crippen molar-refractivity contribution in [1.29, 1.82) is 0 Å². The second-order valence-electron chi connectivity index (χ2n) is 7.21. The maximum atomic E-state index is 15.5. The zero-order valence-corrected chi connectivity index (χ0v) is 17.2. The van der Waals surface area contributed by atoms with E-state index in [-0.39, 0.29) is 50.0 Å². The van der Waals surface area contributed by atoms with E-state index in [1.807, 2.05) is 0 Å². The Labute approximate surface area is 178 Å². The second-order valence-corrected chi connectivity index (χ2v) is 7.21. The van der Waals surface area contributed by atoms with E-state index in [0.29, 0.717) is 17.2 Å². The van der Waals surface area contributed by atoms with Crippen LogP contribution < -0.4 is 9.47 Å². The van der Waals surface area contributed by atoms with Gasteiger partial charge in [0.25, 0.3) is 5.89 Å². The van der Waals surface area contributed by atoms with Crippen LogP contribution in [0.4, 0.5) is 4.39 Å². The van der Waals surface area contributed by atoms with Gasteiger partial charge in [0.2, 0.25) is 11.7 Å². The second kappa shape index (κ2) is 8.66. The molecule has 3 heterocycles. The Kier molecular flexibility index (Phi) is 5.79. The lowest BCUT2D eigenvalue weighted by atomic mass is 9.92. The van der Waals surface area contributed by atoms with E-state index < -0.39 is 5.67 Å². The molecule has 1 amide bonds. The molecule has 31 heavy (non-hydrogen) atoms. The Hall–Kier alpha value is -3.56. The molecular weight excluding hydrogens is 405 g/mol. The molecule has 0 unspecified atom stereocenters. The average Bonchev–Trinajstić information content (AvgIpc) is 3.31. The third-order valence-corrected chi connectivity index (χ3v) is 5.34. The molecule has 9 nitrogen and oxygen atoms in total. The summed E-state index contributed by atoms with van der Waals surface area (Å²) in [7, 11) is 3.11. The summed E-state index contributed by atoms with van der Waals surface area (Å²) < 4.78 is 31.2. The van der Waals surface area contributed by atoms with Crippen molar-refractivity contribution in [3.05, 3.63) is 48.2 Å². The number of amides is 1. The summed E-state index contributed by atoms with van der Waals surface area (Å²) in [5.74, 6) is 1.21. The highest BCUT2D eigenvalue weighted by Gasteiger charge is 2.42. The first-order valence-electron chi connectivity index (χ1n) is 9.80.